The summed E-state index contributed by atoms with van der Waals surface area (Å²) in [5.41, 5.74) is 0.459. The van der Waals surface area contributed by atoms with Crippen LogP contribution in [0.5, 0.6) is 0 Å². The molecule has 1 amide bonds. The third-order valence-electron chi connectivity index (χ3n) is 6.05. The first-order valence-corrected chi connectivity index (χ1v) is 11.6. The first-order chi connectivity index (χ1) is 14.0. The van der Waals surface area contributed by atoms with Gasteiger partial charge in [0.1, 0.15) is 10.6 Å². The van der Waals surface area contributed by atoms with Gasteiger partial charge in [-0.2, -0.15) is 0 Å². The van der Waals surface area contributed by atoms with E-state index in [9.17, 15) is 18.3 Å². The van der Waals surface area contributed by atoms with Crippen molar-refractivity contribution in [3.63, 3.8) is 0 Å². The van der Waals surface area contributed by atoms with Crippen molar-refractivity contribution in [2.75, 3.05) is 4.90 Å². The molecule has 2 heterocycles. The molecule has 6 nitrogen and oxygen atoms in total. The zero-order chi connectivity index (χ0) is 22.1. The second kappa shape index (κ2) is 6.70. The number of sulfone groups is 1. The first-order valence-electron chi connectivity index (χ1n) is 9.34. The number of fused-ring (bicyclic) bond motifs is 1. The number of hydrogen-bond donors (Lipinski definition) is 1. The number of carbonyl (C=O) groups excluding carboxylic acids is 1. The molecule has 1 aliphatic heterocycles. The Hall–Kier alpha value is -2.09. The number of aliphatic hydroxyl groups is 1. The Labute approximate surface area is 185 Å². The van der Waals surface area contributed by atoms with E-state index in [2.05, 4.69) is 4.98 Å². The number of carbonyl (C=O) groups is 1. The maximum Gasteiger partial charge on any atom is 0.214 e. The second-order valence-corrected chi connectivity index (χ2v) is 11.5. The molecule has 0 spiro atoms. The number of hydrogen-bond acceptors (Lipinski definition) is 5. The second-order valence-electron chi connectivity index (χ2n) is 8.32. The van der Waals surface area contributed by atoms with Gasteiger partial charge in [0.05, 0.1) is 20.5 Å². The predicted octanol–water partition coefficient (Wildman–Crippen LogP) is 4.95. The zero-order valence-electron chi connectivity index (χ0n) is 16.6. The molecule has 1 aliphatic carbocycles. The summed E-state index contributed by atoms with van der Waals surface area (Å²) in [6.45, 7) is 5.02. The molecule has 1 N–H and O–H groups in total. The van der Waals surface area contributed by atoms with Crippen molar-refractivity contribution in [2.24, 2.45) is 0 Å². The molecule has 1 saturated carbocycles. The molecular formula is C21H20Cl2N2O4S. The van der Waals surface area contributed by atoms with Gasteiger partial charge in [-0.15, -0.1) is 0 Å². The number of pyridine rings is 1. The van der Waals surface area contributed by atoms with E-state index in [0.717, 1.165) is 12.8 Å². The smallest absolute Gasteiger partial charge is 0.214 e. The number of nitrogens with zero attached hydrogens (tertiary/aromatic N) is 2. The maximum atomic E-state index is 13.6. The fourth-order valence-corrected chi connectivity index (χ4v) is 6.27. The molecule has 0 unspecified atom stereocenters. The lowest BCUT2D eigenvalue weighted by Gasteiger charge is -2.34. The van der Waals surface area contributed by atoms with Crippen LogP contribution < -0.4 is 4.90 Å². The summed E-state index contributed by atoms with van der Waals surface area (Å²) in [7, 11) is -4.07. The molecule has 0 saturated heterocycles. The lowest BCUT2D eigenvalue weighted by Crippen LogP contribution is -2.36. The van der Waals surface area contributed by atoms with Gasteiger partial charge in [-0.25, -0.2) is 8.42 Å². The minimum absolute atomic E-state index is 0.0111. The van der Waals surface area contributed by atoms with Gasteiger partial charge in [-0.1, -0.05) is 35.3 Å². The van der Waals surface area contributed by atoms with Crippen LogP contribution in [0.1, 0.15) is 50.4 Å². The van der Waals surface area contributed by atoms with Gasteiger partial charge in [0.15, 0.2) is 15.6 Å². The van der Waals surface area contributed by atoms with Crippen molar-refractivity contribution in [1.82, 2.24) is 4.98 Å². The van der Waals surface area contributed by atoms with E-state index in [1.165, 1.54) is 23.2 Å². The van der Waals surface area contributed by atoms with Crippen LogP contribution in [0, 0.1) is 0 Å². The van der Waals surface area contributed by atoms with E-state index in [1.54, 1.807) is 26.0 Å². The molecule has 1 aromatic heterocycles. The van der Waals surface area contributed by atoms with Gasteiger partial charge in [-0.05, 0) is 45.7 Å². The van der Waals surface area contributed by atoms with Crippen molar-refractivity contribution in [2.45, 2.75) is 43.9 Å². The molecule has 9 heteroatoms. The van der Waals surface area contributed by atoms with E-state index in [4.69, 9.17) is 23.2 Å². The monoisotopic (exact) mass is 466 g/mol. The molecule has 2 aromatic rings. The van der Waals surface area contributed by atoms with Crippen LogP contribution in [0.15, 0.2) is 30.5 Å². The van der Waals surface area contributed by atoms with Crippen LogP contribution in [0.25, 0.3) is 10.7 Å². The molecule has 2 aliphatic rings. The number of amides is 1. The molecule has 0 atom stereocenters. The van der Waals surface area contributed by atoms with Crippen LogP contribution in [0.4, 0.5) is 5.69 Å². The molecule has 4 rings (SSSR count). The van der Waals surface area contributed by atoms with Gasteiger partial charge in [0.25, 0.3) is 0 Å². The van der Waals surface area contributed by atoms with Crippen molar-refractivity contribution in [3.8, 4) is 0 Å². The number of aliphatic hydroxyl groups excluding tert-OH is 1. The van der Waals surface area contributed by atoms with Crippen LogP contribution in [0.2, 0.25) is 10.0 Å². The van der Waals surface area contributed by atoms with Crippen molar-refractivity contribution < 1.29 is 18.3 Å². The van der Waals surface area contributed by atoms with Crippen LogP contribution in [0.3, 0.4) is 0 Å². The Morgan fingerprint density at radius 3 is 2.43 bits per heavy atom. The van der Waals surface area contributed by atoms with Gasteiger partial charge in [0, 0.05) is 22.9 Å². The van der Waals surface area contributed by atoms with Gasteiger partial charge in [0.2, 0.25) is 6.41 Å². The number of anilines is 1. The Bertz CT molecular complexity index is 1220. The molecule has 158 valence electrons. The molecular weight excluding hydrogens is 447 g/mol. The lowest BCUT2D eigenvalue weighted by molar-refractivity contribution is -0.107. The Balaban J connectivity index is 2.04. The summed E-state index contributed by atoms with van der Waals surface area (Å²) in [6, 6.07) is 6.18. The minimum atomic E-state index is -4.07. The average Bonchev–Trinajstić information content (AvgIpc) is 3.43. The highest BCUT2D eigenvalue weighted by Gasteiger charge is 2.49. The van der Waals surface area contributed by atoms with Crippen LogP contribution >= 0.6 is 23.2 Å². The largest absolute Gasteiger partial charge is 0.504 e. The Kier molecular flexibility index (Phi) is 4.73. The maximum absolute atomic E-state index is 13.6. The Morgan fingerprint density at radius 1 is 1.17 bits per heavy atom. The molecule has 0 radical (unpaired) electrons. The summed E-state index contributed by atoms with van der Waals surface area (Å²) in [5, 5.41) is 11.2. The summed E-state index contributed by atoms with van der Waals surface area (Å²) in [4.78, 5) is 17.2. The van der Waals surface area contributed by atoms with E-state index in [0.29, 0.717) is 12.0 Å². The molecule has 1 fully saturated rings. The highest BCUT2D eigenvalue weighted by molar-refractivity contribution is 8.01. The molecule has 30 heavy (non-hydrogen) atoms. The van der Waals surface area contributed by atoms with Crippen molar-refractivity contribution in [1.29, 1.82) is 0 Å². The average molecular weight is 467 g/mol. The fraction of sp³-hybridized carbons (Fsp3) is 0.333. The lowest BCUT2D eigenvalue weighted by atomic mass is 9.97. The zero-order valence-corrected chi connectivity index (χ0v) is 18.9. The predicted molar refractivity (Wildman–Crippen MR) is 118 cm³/mol. The van der Waals surface area contributed by atoms with Crippen molar-refractivity contribution in [3.05, 3.63) is 57.3 Å². The number of halogens is 2. The SMILES string of the molecule is CC1(N(C=O)c2c(Cl)ccc(C3=C(O)c4ncccc4C(C)(C)S3(=O)=O)c2Cl)CC1. The highest BCUT2D eigenvalue weighted by Crippen LogP contribution is 2.52. The summed E-state index contributed by atoms with van der Waals surface area (Å²) >= 11 is 13.0. The highest BCUT2D eigenvalue weighted by atomic mass is 35.5. The number of rotatable bonds is 4. The summed E-state index contributed by atoms with van der Waals surface area (Å²) in [5.74, 6) is -0.476. The Morgan fingerprint density at radius 2 is 1.83 bits per heavy atom. The van der Waals surface area contributed by atoms with Crippen LogP contribution in [-0.4, -0.2) is 30.5 Å². The van der Waals surface area contributed by atoms with E-state index in [1.807, 2.05) is 6.92 Å². The topological polar surface area (TPSA) is 87.6 Å². The van der Waals surface area contributed by atoms with Crippen molar-refractivity contribution >= 4 is 55.8 Å². The standard InChI is InChI=1S/C21H20Cl2N2O4S/c1-20(2)13-5-4-10-24-16(13)18(27)19(30(20,28)29)12-6-7-14(22)17(15(12)23)25(11-26)21(3)8-9-21/h4-7,10-11,27H,8-9H2,1-3H3. The normalized spacial score (nSPS) is 20.4. The number of aromatic nitrogens is 1. The molecule has 0 bridgehead atoms. The van der Waals surface area contributed by atoms with E-state index in [-0.39, 0.29) is 31.9 Å². The molecule has 1 aromatic carbocycles. The quantitative estimate of drug-likeness (QED) is 0.643. The van der Waals surface area contributed by atoms with E-state index >= 15 is 0 Å². The third kappa shape index (κ3) is 2.79. The summed E-state index contributed by atoms with van der Waals surface area (Å²) < 4.78 is 25.8. The van der Waals surface area contributed by atoms with Gasteiger partial charge in [-0.3, -0.25) is 9.78 Å². The van der Waals surface area contributed by atoms with Gasteiger partial charge >= 0.3 is 0 Å². The number of benzene rings is 1. The van der Waals surface area contributed by atoms with Crippen LogP contribution in [-0.2, 0) is 19.4 Å². The van der Waals surface area contributed by atoms with E-state index < -0.39 is 25.9 Å². The first kappa shape index (κ1) is 21.2. The van der Waals surface area contributed by atoms with Gasteiger partial charge < -0.3 is 10.0 Å². The third-order valence-corrected chi connectivity index (χ3v) is 9.25. The minimum Gasteiger partial charge on any atom is -0.504 e. The fourth-order valence-electron chi connectivity index (χ4n) is 3.80. The summed E-state index contributed by atoms with van der Waals surface area (Å²) in [6.07, 6.45) is 3.68.